The molecule has 136 valence electrons. The second-order valence-electron chi connectivity index (χ2n) is 8.88. The Labute approximate surface area is 148 Å². The first-order valence-electron chi connectivity index (χ1n) is 9.29. The summed E-state index contributed by atoms with van der Waals surface area (Å²) in [6, 6.07) is 6.30. The number of nitrogens with zero attached hydrogens (tertiary/aromatic N) is 1. The molecule has 0 radical (unpaired) electrons. The first-order chi connectivity index (χ1) is 11.1. The van der Waals surface area contributed by atoms with E-state index in [4.69, 9.17) is 4.74 Å². The molecule has 1 aromatic rings. The summed E-state index contributed by atoms with van der Waals surface area (Å²) in [6.45, 7) is 16.5. The van der Waals surface area contributed by atoms with Crippen molar-refractivity contribution in [1.29, 1.82) is 0 Å². The van der Waals surface area contributed by atoms with E-state index in [0.29, 0.717) is 25.0 Å². The number of aryl methyl sites for hydroxylation is 1. The third-order valence-electron chi connectivity index (χ3n) is 4.79. The lowest BCUT2D eigenvalue weighted by Gasteiger charge is -2.36. The second-order valence-corrected chi connectivity index (χ2v) is 8.88. The fourth-order valence-corrected chi connectivity index (χ4v) is 3.83. The summed E-state index contributed by atoms with van der Waals surface area (Å²) >= 11 is 0. The highest BCUT2D eigenvalue weighted by Crippen LogP contribution is 2.32. The Hall–Kier alpha value is -1.06. The van der Waals surface area contributed by atoms with Crippen LogP contribution in [-0.2, 0) is 5.41 Å². The van der Waals surface area contributed by atoms with Gasteiger partial charge in [0.15, 0.2) is 0 Å². The van der Waals surface area contributed by atoms with Crippen LogP contribution in [0.3, 0.4) is 0 Å². The Balaban J connectivity index is 1.93. The van der Waals surface area contributed by atoms with Gasteiger partial charge in [0.05, 0.1) is 0 Å². The molecule has 1 saturated heterocycles. The lowest BCUT2D eigenvalue weighted by atomic mass is 9.85. The van der Waals surface area contributed by atoms with E-state index >= 15 is 0 Å². The van der Waals surface area contributed by atoms with Gasteiger partial charge in [-0.05, 0) is 42.2 Å². The number of hydrogen-bond acceptors (Lipinski definition) is 3. The molecule has 1 fully saturated rings. The van der Waals surface area contributed by atoms with E-state index < -0.39 is 6.10 Å². The minimum absolute atomic E-state index is 0.0318. The van der Waals surface area contributed by atoms with Gasteiger partial charge in [-0.2, -0.15) is 0 Å². The molecule has 0 unspecified atom stereocenters. The normalized spacial score (nSPS) is 24.0. The van der Waals surface area contributed by atoms with Crippen LogP contribution in [0.25, 0.3) is 0 Å². The van der Waals surface area contributed by atoms with Crippen molar-refractivity contribution in [2.24, 2.45) is 11.8 Å². The van der Waals surface area contributed by atoms with Gasteiger partial charge in [-0.1, -0.05) is 52.3 Å². The zero-order valence-electron chi connectivity index (χ0n) is 16.3. The lowest BCUT2D eigenvalue weighted by Crippen LogP contribution is -2.44. The molecule has 1 aliphatic heterocycles. The molecule has 1 heterocycles. The molecule has 24 heavy (non-hydrogen) atoms. The van der Waals surface area contributed by atoms with E-state index in [1.807, 2.05) is 6.07 Å². The van der Waals surface area contributed by atoms with Crippen LogP contribution in [0.4, 0.5) is 0 Å². The molecular weight excluding hydrogens is 298 g/mol. The average molecular weight is 334 g/mol. The summed E-state index contributed by atoms with van der Waals surface area (Å²) in [5.41, 5.74) is 2.48. The molecule has 3 atom stereocenters. The molecule has 1 aromatic carbocycles. The largest absolute Gasteiger partial charge is 0.491 e. The minimum Gasteiger partial charge on any atom is -0.491 e. The predicted octanol–water partition coefficient (Wildman–Crippen LogP) is 4.01. The quantitative estimate of drug-likeness (QED) is 0.884. The summed E-state index contributed by atoms with van der Waals surface area (Å²) in [6.07, 6.45) is 0.845. The molecule has 0 bridgehead atoms. The van der Waals surface area contributed by atoms with Crippen LogP contribution < -0.4 is 4.74 Å². The van der Waals surface area contributed by atoms with Gasteiger partial charge in [0, 0.05) is 19.6 Å². The summed E-state index contributed by atoms with van der Waals surface area (Å²) < 4.78 is 6.00. The van der Waals surface area contributed by atoms with Crippen LogP contribution in [0.2, 0.25) is 0 Å². The number of rotatable bonds is 5. The molecule has 0 saturated carbocycles. The maximum absolute atomic E-state index is 10.4. The molecule has 2 rings (SSSR count). The van der Waals surface area contributed by atoms with Gasteiger partial charge in [-0.15, -0.1) is 0 Å². The van der Waals surface area contributed by atoms with Gasteiger partial charge < -0.3 is 14.7 Å². The topological polar surface area (TPSA) is 32.7 Å². The highest BCUT2D eigenvalue weighted by atomic mass is 16.5. The maximum Gasteiger partial charge on any atom is 0.123 e. The molecule has 1 N–H and O–H groups in total. The molecule has 3 nitrogen and oxygen atoms in total. The Bertz CT molecular complexity index is 525. The fourth-order valence-electron chi connectivity index (χ4n) is 3.83. The van der Waals surface area contributed by atoms with E-state index in [1.54, 1.807) is 0 Å². The van der Waals surface area contributed by atoms with E-state index in [9.17, 15) is 5.11 Å². The lowest BCUT2D eigenvalue weighted by molar-refractivity contribution is 0.0424. The second kappa shape index (κ2) is 7.88. The third-order valence-corrected chi connectivity index (χ3v) is 4.79. The zero-order valence-corrected chi connectivity index (χ0v) is 16.3. The smallest absolute Gasteiger partial charge is 0.123 e. The van der Waals surface area contributed by atoms with Crippen molar-refractivity contribution in [1.82, 2.24) is 4.90 Å². The number of benzene rings is 1. The average Bonchev–Trinajstić information content (AvgIpc) is 2.43. The van der Waals surface area contributed by atoms with Crippen LogP contribution in [0.1, 0.15) is 52.2 Å². The number of aliphatic hydroxyl groups is 1. The van der Waals surface area contributed by atoms with Crippen LogP contribution >= 0.6 is 0 Å². The van der Waals surface area contributed by atoms with Gasteiger partial charge in [-0.25, -0.2) is 0 Å². The van der Waals surface area contributed by atoms with Crippen LogP contribution in [0.15, 0.2) is 18.2 Å². The van der Waals surface area contributed by atoms with Gasteiger partial charge >= 0.3 is 0 Å². The minimum atomic E-state index is -0.448. The van der Waals surface area contributed by atoms with Gasteiger partial charge in [0.1, 0.15) is 18.5 Å². The van der Waals surface area contributed by atoms with E-state index in [0.717, 1.165) is 18.8 Å². The van der Waals surface area contributed by atoms with Crippen molar-refractivity contribution in [2.45, 2.75) is 59.5 Å². The molecular formula is C21H35NO2. The van der Waals surface area contributed by atoms with Crippen LogP contribution in [0, 0.1) is 18.8 Å². The van der Waals surface area contributed by atoms with E-state index in [1.165, 1.54) is 17.5 Å². The number of β-amino-alcohol motifs (C(OH)–C–C–N with tert-alkyl or cyclic N) is 1. The van der Waals surface area contributed by atoms with Gasteiger partial charge in [0.25, 0.3) is 0 Å². The van der Waals surface area contributed by atoms with E-state index in [2.05, 4.69) is 58.6 Å². The summed E-state index contributed by atoms with van der Waals surface area (Å²) in [7, 11) is 0. The Kier molecular flexibility index (Phi) is 6.33. The zero-order chi connectivity index (χ0) is 17.9. The van der Waals surface area contributed by atoms with Gasteiger partial charge in [-0.3, -0.25) is 0 Å². The molecule has 0 aliphatic carbocycles. The fraction of sp³-hybridized carbons (Fsp3) is 0.714. The monoisotopic (exact) mass is 333 g/mol. The summed E-state index contributed by atoms with van der Waals surface area (Å²) in [4.78, 5) is 2.38. The van der Waals surface area contributed by atoms with Crippen molar-refractivity contribution in [3.05, 3.63) is 29.3 Å². The number of hydrogen-bond donors (Lipinski definition) is 1. The summed E-state index contributed by atoms with van der Waals surface area (Å²) in [5, 5.41) is 10.4. The number of likely N-dealkylation sites (tertiary alicyclic amines) is 1. The maximum atomic E-state index is 10.4. The molecule has 1 aliphatic rings. The molecule has 0 spiro atoms. The van der Waals surface area contributed by atoms with Crippen molar-refractivity contribution >= 4 is 0 Å². The van der Waals surface area contributed by atoms with E-state index in [-0.39, 0.29) is 5.41 Å². The van der Waals surface area contributed by atoms with Crippen LogP contribution in [0.5, 0.6) is 5.75 Å². The molecule has 0 aromatic heterocycles. The summed E-state index contributed by atoms with van der Waals surface area (Å²) in [5.74, 6) is 2.32. The van der Waals surface area contributed by atoms with Gasteiger partial charge in [0.2, 0.25) is 0 Å². The first-order valence-corrected chi connectivity index (χ1v) is 9.29. The van der Waals surface area contributed by atoms with Crippen molar-refractivity contribution in [3.8, 4) is 5.75 Å². The predicted molar refractivity (Wildman–Crippen MR) is 101 cm³/mol. The molecule has 0 amide bonds. The van der Waals surface area contributed by atoms with Crippen molar-refractivity contribution in [3.63, 3.8) is 0 Å². The Morgan fingerprint density at radius 1 is 1.21 bits per heavy atom. The highest BCUT2D eigenvalue weighted by Gasteiger charge is 2.24. The third kappa shape index (κ3) is 5.49. The molecule has 3 heteroatoms. The SMILES string of the molecule is Cc1ccc(OC[C@H](O)CN2C[C@H](C)C[C@H](C)C2)c(C(C)(C)C)c1. The first kappa shape index (κ1) is 19.3. The standard InChI is InChI=1S/C21H35NO2/c1-15-7-8-20(19(10-15)21(4,5)6)24-14-18(23)13-22-11-16(2)9-17(3)12-22/h7-8,10,16-18,23H,9,11-14H2,1-6H3/t16-,17+,18-/m1/s1. The Morgan fingerprint density at radius 3 is 2.42 bits per heavy atom. The number of piperidine rings is 1. The van der Waals surface area contributed by atoms with Crippen molar-refractivity contribution in [2.75, 3.05) is 26.2 Å². The Morgan fingerprint density at radius 2 is 1.83 bits per heavy atom. The highest BCUT2D eigenvalue weighted by molar-refractivity contribution is 5.41. The number of ether oxygens (including phenoxy) is 1. The number of aliphatic hydroxyl groups excluding tert-OH is 1. The van der Waals surface area contributed by atoms with Crippen molar-refractivity contribution < 1.29 is 9.84 Å². The van der Waals surface area contributed by atoms with Crippen LogP contribution in [-0.4, -0.2) is 42.4 Å².